The number of hydrogen-bond acceptors (Lipinski definition) is 4. The molecule has 3 rings (SSSR count). The number of halogens is 1. The molecule has 2 heterocycles. The molecule has 0 spiro atoms. The van der Waals surface area contributed by atoms with E-state index in [9.17, 15) is 4.79 Å². The first kappa shape index (κ1) is 26.7. The monoisotopic (exact) mass is 557 g/mol. The molecule has 0 aliphatic carbocycles. The Hall–Kier alpha value is -1.55. The van der Waals surface area contributed by atoms with Gasteiger partial charge in [-0.25, -0.2) is 0 Å². The van der Waals surface area contributed by atoms with Crippen LogP contribution < -0.4 is 15.5 Å². The fraction of sp³-hybridized carbons (Fsp3) is 0.667. The Balaban J connectivity index is 0.00000363. The lowest BCUT2D eigenvalue weighted by Gasteiger charge is -2.40. The van der Waals surface area contributed by atoms with Crippen LogP contribution in [0.25, 0.3) is 0 Å². The van der Waals surface area contributed by atoms with Crippen molar-refractivity contribution in [1.29, 1.82) is 0 Å². The van der Waals surface area contributed by atoms with Gasteiger partial charge in [0.15, 0.2) is 5.96 Å². The van der Waals surface area contributed by atoms with E-state index in [0.29, 0.717) is 11.9 Å². The molecule has 1 aromatic carbocycles. The zero-order valence-corrected chi connectivity index (χ0v) is 22.3. The van der Waals surface area contributed by atoms with Gasteiger partial charge in [-0.3, -0.25) is 9.79 Å². The number of benzene rings is 1. The van der Waals surface area contributed by atoms with Crippen LogP contribution in [-0.4, -0.2) is 75.8 Å². The highest BCUT2D eigenvalue weighted by Gasteiger charge is 2.35. The number of anilines is 1. The molecule has 7 nitrogen and oxygen atoms in total. The van der Waals surface area contributed by atoms with Crippen molar-refractivity contribution in [3.63, 3.8) is 0 Å². The molecule has 2 fully saturated rings. The molecule has 8 heteroatoms. The molecule has 2 atom stereocenters. The number of ether oxygens (including phenoxy) is 1. The minimum absolute atomic E-state index is 0. The van der Waals surface area contributed by atoms with Crippen LogP contribution in [0, 0.1) is 11.3 Å². The normalized spacial score (nSPS) is 22.2. The average molecular weight is 558 g/mol. The molecule has 32 heavy (non-hydrogen) atoms. The largest absolute Gasteiger partial charge is 0.377 e. The first-order valence-electron chi connectivity index (χ1n) is 11.5. The summed E-state index contributed by atoms with van der Waals surface area (Å²) in [5.41, 5.74) is 1.33. The summed E-state index contributed by atoms with van der Waals surface area (Å²) in [5, 5.41) is 6.60. The van der Waals surface area contributed by atoms with Gasteiger partial charge in [0.1, 0.15) is 0 Å². The number of carbonyl (C=O) groups excluding carboxylic acids is 1. The van der Waals surface area contributed by atoms with Crippen molar-refractivity contribution in [2.45, 2.75) is 39.7 Å². The van der Waals surface area contributed by atoms with Gasteiger partial charge in [-0.05, 0) is 30.4 Å². The third-order valence-electron chi connectivity index (χ3n) is 6.21. The van der Waals surface area contributed by atoms with Crippen molar-refractivity contribution in [2.24, 2.45) is 16.3 Å². The van der Waals surface area contributed by atoms with Crippen molar-refractivity contribution in [3.8, 4) is 0 Å². The number of amides is 1. The molecule has 2 saturated heterocycles. The number of piperazine rings is 1. The fourth-order valence-corrected chi connectivity index (χ4v) is 4.58. The second kappa shape index (κ2) is 12.6. The number of guanidine groups is 1. The van der Waals surface area contributed by atoms with E-state index < -0.39 is 0 Å². The number of nitrogens with one attached hydrogen (secondary N) is 2. The zero-order chi connectivity index (χ0) is 22.3. The molecule has 2 N–H and O–H groups in total. The van der Waals surface area contributed by atoms with Crippen molar-refractivity contribution in [3.05, 3.63) is 30.3 Å². The Morgan fingerprint density at radius 1 is 1.12 bits per heavy atom. The zero-order valence-electron chi connectivity index (χ0n) is 20.0. The van der Waals surface area contributed by atoms with Crippen LogP contribution in [-0.2, 0) is 9.53 Å². The summed E-state index contributed by atoms with van der Waals surface area (Å²) in [7, 11) is 1.75. The minimum Gasteiger partial charge on any atom is -0.377 e. The smallest absolute Gasteiger partial charge is 0.242 e. The third kappa shape index (κ3) is 7.50. The highest BCUT2D eigenvalue weighted by atomic mass is 127. The van der Waals surface area contributed by atoms with Gasteiger partial charge in [0, 0.05) is 58.0 Å². The Kier molecular flexibility index (Phi) is 10.5. The SMILES string of the molecule is CN=C(NCC(=O)N1CCN(c2ccccc2)CC1)NCC1CCCOC1C(C)(C)C.I. The predicted molar refractivity (Wildman–Crippen MR) is 142 cm³/mol. The van der Waals surface area contributed by atoms with Gasteiger partial charge in [0.05, 0.1) is 12.6 Å². The maximum Gasteiger partial charge on any atom is 0.242 e. The van der Waals surface area contributed by atoms with Gasteiger partial charge < -0.3 is 25.2 Å². The summed E-state index contributed by atoms with van der Waals surface area (Å²) in [4.78, 5) is 21.3. The molecule has 0 saturated carbocycles. The van der Waals surface area contributed by atoms with Crippen LogP contribution in [0.15, 0.2) is 35.3 Å². The van der Waals surface area contributed by atoms with E-state index in [1.54, 1.807) is 7.05 Å². The van der Waals surface area contributed by atoms with Gasteiger partial charge >= 0.3 is 0 Å². The standard InChI is InChI=1S/C24H39N5O2.HI/c1-24(2,3)22-19(9-8-16-31-22)17-26-23(25-4)27-18-21(30)29-14-12-28(13-15-29)20-10-6-5-7-11-20;/h5-7,10-11,19,22H,8-9,12-18H2,1-4H3,(H2,25,26,27);1H. The Morgan fingerprint density at radius 2 is 1.81 bits per heavy atom. The first-order valence-corrected chi connectivity index (χ1v) is 11.5. The number of aliphatic imine (C=N–C) groups is 1. The lowest BCUT2D eigenvalue weighted by molar-refractivity contribution is -0.130. The molecule has 1 aromatic rings. The van der Waals surface area contributed by atoms with Crippen LogP contribution in [0.3, 0.4) is 0 Å². The summed E-state index contributed by atoms with van der Waals surface area (Å²) in [6.07, 6.45) is 2.48. The summed E-state index contributed by atoms with van der Waals surface area (Å²) < 4.78 is 6.07. The molecule has 0 radical (unpaired) electrons. The van der Waals surface area contributed by atoms with Crippen LogP contribution >= 0.6 is 24.0 Å². The number of rotatable bonds is 5. The van der Waals surface area contributed by atoms with E-state index in [4.69, 9.17) is 4.74 Å². The van der Waals surface area contributed by atoms with Crippen LogP contribution in [0.5, 0.6) is 0 Å². The van der Waals surface area contributed by atoms with Gasteiger partial charge in [0.2, 0.25) is 5.91 Å². The summed E-state index contributed by atoms with van der Waals surface area (Å²) in [6, 6.07) is 10.4. The van der Waals surface area contributed by atoms with E-state index in [-0.39, 0.29) is 47.9 Å². The maximum absolute atomic E-state index is 12.7. The Labute approximate surface area is 210 Å². The lowest BCUT2D eigenvalue weighted by atomic mass is 9.78. The molecule has 2 aliphatic heterocycles. The summed E-state index contributed by atoms with van der Waals surface area (Å²) >= 11 is 0. The first-order chi connectivity index (χ1) is 14.9. The van der Waals surface area contributed by atoms with E-state index in [0.717, 1.165) is 52.2 Å². The van der Waals surface area contributed by atoms with Crippen molar-refractivity contribution in [2.75, 3.05) is 57.8 Å². The van der Waals surface area contributed by atoms with Crippen LogP contribution in [0.2, 0.25) is 0 Å². The average Bonchev–Trinajstić information content (AvgIpc) is 2.79. The molecular weight excluding hydrogens is 517 g/mol. The molecular formula is C24H40IN5O2. The molecule has 1 amide bonds. The van der Waals surface area contributed by atoms with Crippen molar-refractivity contribution in [1.82, 2.24) is 15.5 Å². The van der Waals surface area contributed by atoms with E-state index in [2.05, 4.69) is 65.6 Å². The highest BCUT2D eigenvalue weighted by Crippen LogP contribution is 2.33. The number of carbonyl (C=O) groups is 1. The van der Waals surface area contributed by atoms with Crippen LogP contribution in [0.1, 0.15) is 33.6 Å². The van der Waals surface area contributed by atoms with Crippen molar-refractivity contribution < 1.29 is 9.53 Å². The van der Waals surface area contributed by atoms with E-state index in [1.165, 1.54) is 5.69 Å². The Morgan fingerprint density at radius 3 is 2.44 bits per heavy atom. The van der Waals surface area contributed by atoms with Gasteiger partial charge in [0.25, 0.3) is 0 Å². The van der Waals surface area contributed by atoms with Gasteiger partial charge in [-0.1, -0.05) is 39.0 Å². The minimum atomic E-state index is 0. The molecule has 2 aliphatic rings. The highest BCUT2D eigenvalue weighted by molar-refractivity contribution is 14.0. The second-order valence-electron chi connectivity index (χ2n) is 9.57. The Bertz CT molecular complexity index is 730. The van der Waals surface area contributed by atoms with Gasteiger partial charge in [-0.2, -0.15) is 0 Å². The number of hydrogen-bond donors (Lipinski definition) is 2. The fourth-order valence-electron chi connectivity index (χ4n) is 4.58. The van der Waals surface area contributed by atoms with E-state index >= 15 is 0 Å². The number of nitrogens with zero attached hydrogens (tertiary/aromatic N) is 3. The quantitative estimate of drug-likeness (QED) is 0.331. The topological polar surface area (TPSA) is 69.2 Å². The predicted octanol–water partition coefficient (Wildman–Crippen LogP) is 2.96. The molecule has 0 aromatic heterocycles. The van der Waals surface area contributed by atoms with Gasteiger partial charge in [-0.15, -0.1) is 24.0 Å². The summed E-state index contributed by atoms with van der Waals surface area (Å²) in [6.45, 7) is 11.8. The molecule has 0 bridgehead atoms. The summed E-state index contributed by atoms with van der Waals surface area (Å²) in [5.74, 6) is 1.23. The van der Waals surface area contributed by atoms with Crippen molar-refractivity contribution >= 4 is 41.5 Å². The third-order valence-corrected chi connectivity index (χ3v) is 6.21. The number of para-hydroxylation sites is 1. The van der Waals surface area contributed by atoms with Crippen LogP contribution in [0.4, 0.5) is 5.69 Å². The molecule has 2 unspecified atom stereocenters. The van der Waals surface area contributed by atoms with E-state index in [1.807, 2.05) is 11.0 Å². The molecule has 180 valence electrons. The lowest BCUT2D eigenvalue weighted by Crippen LogP contribution is -2.53. The maximum atomic E-state index is 12.7. The second-order valence-corrected chi connectivity index (χ2v) is 9.57.